The van der Waals surface area contributed by atoms with E-state index in [-0.39, 0.29) is 18.5 Å². The van der Waals surface area contributed by atoms with Crippen molar-refractivity contribution in [3.63, 3.8) is 0 Å². The van der Waals surface area contributed by atoms with Crippen LogP contribution in [0.15, 0.2) is 30.5 Å². The molecule has 3 aliphatic heterocycles. The Morgan fingerprint density at radius 3 is 2.15 bits per heavy atom. The summed E-state index contributed by atoms with van der Waals surface area (Å²) in [5.41, 5.74) is 0.611. The number of pyridine rings is 1. The van der Waals surface area contributed by atoms with Crippen LogP contribution < -0.4 is 14.7 Å². The van der Waals surface area contributed by atoms with Gasteiger partial charge in [0.05, 0.1) is 30.2 Å². The van der Waals surface area contributed by atoms with Crippen LogP contribution in [0.5, 0.6) is 0 Å². The summed E-state index contributed by atoms with van der Waals surface area (Å²) in [5.74, 6) is -0.368. The van der Waals surface area contributed by atoms with Gasteiger partial charge in [-0.05, 0) is 91.5 Å². The third kappa shape index (κ3) is 5.59. The van der Waals surface area contributed by atoms with Crippen LogP contribution >= 0.6 is 0 Å². The predicted molar refractivity (Wildman–Crippen MR) is 151 cm³/mol. The number of halogens is 1. The molecule has 1 aromatic heterocycles. The van der Waals surface area contributed by atoms with E-state index >= 15 is 0 Å². The first-order valence-electron chi connectivity index (χ1n) is 13.9. The van der Waals surface area contributed by atoms with E-state index < -0.39 is 29.2 Å². The number of carbonyl (C=O) groups is 2. The average molecular weight is 555 g/mol. The lowest BCUT2D eigenvalue weighted by Gasteiger charge is -2.40. The van der Waals surface area contributed by atoms with Crippen LogP contribution in [-0.2, 0) is 20.8 Å². The lowest BCUT2D eigenvalue weighted by atomic mass is 9.98. The van der Waals surface area contributed by atoms with E-state index in [1.54, 1.807) is 48.7 Å². The summed E-state index contributed by atoms with van der Waals surface area (Å²) >= 11 is 0. The van der Waals surface area contributed by atoms with Crippen molar-refractivity contribution in [2.24, 2.45) is 0 Å². The molecule has 1 unspecified atom stereocenters. The second kappa shape index (κ2) is 10.2. The zero-order valence-electron chi connectivity index (χ0n) is 24.4. The van der Waals surface area contributed by atoms with Gasteiger partial charge in [0.2, 0.25) is 0 Å². The lowest BCUT2D eigenvalue weighted by molar-refractivity contribution is 0.0571. The minimum absolute atomic E-state index is 0.0383. The molecule has 0 aliphatic carbocycles. The molecule has 216 valence electrons. The number of piperidine rings is 1. The van der Waals surface area contributed by atoms with Crippen LogP contribution in [0.4, 0.5) is 36.9 Å². The molecule has 4 heterocycles. The fraction of sp³-hybridized carbons (Fsp3) is 0.567. The standard InChI is InChI=1S/C30H39FN4O5/c1-29(2,3)39-27(36)33-17-18-12-19(31)16-32-26(18)35(28(37)40-30(4,5)6)24-11-10-22(15-25(24)33)34-20-8-9-21(34)14-23(13-20)38-7/h10-12,15-16,20-21,23H,8-9,13-14,17H2,1-7H3/t20-,21+,23?. The molecule has 2 amide bonds. The predicted octanol–water partition coefficient (Wildman–Crippen LogP) is 6.70. The van der Waals surface area contributed by atoms with Crippen molar-refractivity contribution >= 4 is 35.1 Å². The van der Waals surface area contributed by atoms with E-state index in [2.05, 4.69) is 9.88 Å². The fourth-order valence-corrected chi connectivity index (χ4v) is 5.95. The lowest BCUT2D eigenvalue weighted by Crippen LogP contribution is -2.45. The molecule has 0 radical (unpaired) electrons. The van der Waals surface area contributed by atoms with Crippen molar-refractivity contribution in [3.8, 4) is 0 Å². The van der Waals surface area contributed by atoms with E-state index in [0.29, 0.717) is 29.0 Å². The summed E-state index contributed by atoms with van der Waals surface area (Å²) in [6.45, 7) is 10.7. The molecule has 40 heavy (non-hydrogen) atoms. The first-order chi connectivity index (χ1) is 18.7. The van der Waals surface area contributed by atoms with Gasteiger partial charge in [0, 0.05) is 30.4 Å². The van der Waals surface area contributed by atoms with E-state index in [9.17, 15) is 14.0 Å². The molecule has 3 atom stereocenters. The average Bonchev–Trinajstić information content (AvgIpc) is 3.02. The Bertz CT molecular complexity index is 1290. The van der Waals surface area contributed by atoms with Crippen molar-refractivity contribution in [1.29, 1.82) is 0 Å². The van der Waals surface area contributed by atoms with Crippen LogP contribution in [0.1, 0.15) is 72.8 Å². The van der Waals surface area contributed by atoms with Crippen LogP contribution in [0.2, 0.25) is 0 Å². The number of carbonyl (C=O) groups excluding carboxylic acids is 2. The highest BCUT2D eigenvalue weighted by Crippen LogP contribution is 2.46. The number of ether oxygens (including phenoxy) is 3. The second-order valence-corrected chi connectivity index (χ2v) is 12.8. The highest BCUT2D eigenvalue weighted by atomic mass is 19.1. The number of anilines is 4. The van der Waals surface area contributed by atoms with Gasteiger partial charge in [0.25, 0.3) is 0 Å². The Hall–Kier alpha value is -3.40. The maximum absolute atomic E-state index is 14.5. The smallest absolute Gasteiger partial charge is 0.420 e. The van der Waals surface area contributed by atoms with Crippen LogP contribution in [0, 0.1) is 5.82 Å². The van der Waals surface area contributed by atoms with Gasteiger partial charge in [-0.1, -0.05) is 0 Å². The van der Waals surface area contributed by atoms with Gasteiger partial charge in [-0.15, -0.1) is 0 Å². The SMILES string of the molecule is COC1C[C@H]2CC[C@@H](C1)N2c1ccc2c(c1)N(C(=O)OC(C)(C)C)Cc1cc(F)cnc1N2C(=O)OC(C)(C)C. The molecule has 3 aliphatic rings. The van der Waals surface area contributed by atoms with Crippen LogP contribution in [0.25, 0.3) is 0 Å². The van der Waals surface area contributed by atoms with Gasteiger partial charge in [0.15, 0.2) is 0 Å². The van der Waals surface area contributed by atoms with Crippen LogP contribution in [0.3, 0.4) is 0 Å². The van der Waals surface area contributed by atoms with Gasteiger partial charge >= 0.3 is 12.2 Å². The highest BCUT2D eigenvalue weighted by molar-refractivity contribution is 6.05. The summed E-state index contributed by atoms with van der Waals surface area (Å²) in [4.78, 5) is 36.8. The molecule has 2 bridgehead atoms. The molecule has 10 heteroatoms. The fourth-order valence-electron chi connectivity index (χ4n) is 5.95. The Labute approximate surface area is 235 Å². The Kier molecular flexibility index (Phi) is 7.18. The van der Waals surface area contributed by atoms with E-state index in [4.69, 9.17) is 14.2 Å². The number of hydrogen-bond donors (Lipinski definition) is 0. The van der Waals surface area contributed by atoms with Crippen molar-refractivity contribution in [1.82, 2.24) is 4.98 Å². The molecule has 5 rings (SSSR count). The summed E-state index contributed by atoms with van der Waals surface area (Å²) in [7, 11) is 1.76. The molecule has 0 N–H and O–H groups in total. The van der Waals surface area contributed by atoms with Crippen molar-refractivity contribution in [2.75, 3.05) is 21.8 Å². The third-order valence-corrected chi connectivity index (χ3v) is 7.45. The minimum Gasteiger partial charge on any atom is -0.443 e. The Morgan fingerprint density at radius 1 is 0.925 bits per heavy atom. The zero-order chi connectivity index (χ0) is 29.0. The number of rotatable bonds is 2. The normalized spacial score (nSPS) is 22.4. The molecule has 1 aromatic carbocycles. The summed E-state index contributed by atoms with van der Waals surface area (Å²) in [6.07, 6.45) is 4.00. The zero-order valence-corrected chi connectivity index (χ0v) is 24.4. The maximum Gasteiger partial charge on any atom is 0.420 e. The van der Waals surface area contributed by atoms with Crippen LogP contribution in [-0.4, -0.2) is 53.7 Å². The van der Waals surface area contributed by atoms with E-state index in [1.807, 2.05) is 18.2 Å². The number of benzene rings is 1. The van der Waals surface area contributed by atoms with E-state index in [0.717, 1.165) is 37.6 Å². The largest absolute Gasteiger partial charge is 0.443 e. The number of amides is 2. The monoisotopic (exact) mass is 554 g/mol. The summed E-state index contributed by atoms with van der Waals surface area (Å²) in [5, 5.41) is 0. The topological polar surface area (TPSA) is 84.4 Å². The molecular formula is C30H39FN4O5. The molecule has 9 nitrogen and oxygen atoms in total. The second-order valence-electron chi connectivity index (χ2n) is 12.8. The molecule has 2 saturated heterocycles. The first-order valence-corrected chi connectivity index (χ1v) is 13.9. The maximum atomic E-state index is 14.5. The Balaban J connectivity index is 1.66. The number of aromatic nitrogens is 1. The molecule has 0 saturated carbocycles. The highest BCUT2D eigenvalue weighted by Gasteiger charge is 2.42. The summed E-state index contributed by atoms with van der Waals surface area (Å²) in [6, 6.07) is 7.64. The molecule has 0 spiro atoms. The van der Waals surface area contributed by atoms with Crippen molar-refractivity contribution in [3.05, 3.63) is 41.8 Å². The number of nitrogens with zero attached hydrogens (tertiary/aromatic N) is 4. The molecule has 2 aromatic rings. The third-order valence-electron chi connectivity index (χ3n) is 7.45. The number of hydrogen-bond acceptors (Lipinski definition) is 7. The first kappa shape index (κ1) is 28.1. The van der Waals surface area contributed by atoms with Gasteiger partial charge in [-0.25, -0.2) is 23.9 Å². The van der Waals surface area contributed by atoms with Gasteiger partial charge in [-0.2, -0.15) is 0 Å². The van der Waals surface area contributed by atoms with E-state index in [1.165, 1.54) is 15.9 Å². The minimum atomic E-state index is -0.792. The molecular weight excluding hydrogens is 515 g/mol. The van der Waals surface area contributed by atoms with Gasteiger partial charge < -0.3 is 19.1 Å². The van der Waals surface area contributed by atoms with Gasteiger partial charge in [0.1, 0.15) is 22.8 Å². The quantitative estimate of drug-likeness (QED) is 0.409. The molecule has 2 fully saturated rings. The van der Waals surface area contributed by atoms with Gasteiger partial charge in [-0.3, -0.25) is 4.90 Å². The Morgan fingerprint density at radius 2 is 1.55 bits per heavy atom. The number of fused-ring (bicyclic) bond motifs is 4. The summed E-state index contributed by atoms with van der Waals surface area (Å²) < 4.78 is 31.7. The number of methoxy groups -OCH3 is 1. The van der Waals surface area contributed by atoms with Crippen molar-refractivity contribution in [2.45, 2.75) is 103 Å². The van der Waals surface area contributed by atoms with Crippen molar-refractivity contribution < 1.29 is 28.2 Å².